The van der Waals surface area contributed by atoms with Crippen molar-refractivity contribution in [3.63, 3.8) is 0 Å². The van der Waals surface area contributed by atoms with E-state index in [-0.39, 0.29) is 34.6 Å². The fourth-order valence-corrected chi connectivity index (χ4v) is 6.92. The summed E-state index contributed by atoms with van der Waals surface area (Å²) in [4.78, 5) is 55.7. The molecule has 0 spiro atoms. The molecular formula is C50H44O12. The number of carbonyl (C=O) groups is 4. The number of aliphatic hydroxyl groups excluding tert-OH is 1. The Hall–Kier alpha value is -7.28. The van der Waals surface area contributed by atoms with Crippen molar-refractivity contribution in [1.29, 1.82) is 0 Å². The van der Waals surface area contributed by atoms with Crippen LogP contribution in [0, 0.1) is 0 Å². The second-order valence-electron chi connectivity index (χ2n) is 14.4. The summed E-state index contributed by atoms with van der Waals surface area (Å²) >= 11 is 0. The van der Waals surface area contributed by atoms with E-state index >= 15 is 0 Å². The predicted octanol–water partition coefficient (Wildman–Crippen LogP) is 7.80. The van der Waals surface area contributed by atoms with Crippen LogP contribution >= 0.6 is 0 Å². The lowest BCUT2D eigenvalue weighted by Gasteiger charge is -2.45. The summed E-state index contributed by atoms with van der Waals surface area (Å²) in [5.74, 6) is -2.29. The molecule has 12 nitrogen and oxygen atoms in total. The molecule has 0 bridgehead atoms. The number of methoxy groups -OCH3 is 1. The second-order valence-corrected chi connectivity index (χ2v) is 14.4. The van der Waals surface area contributed by atoms with Crippen LogP contribution in [-0.4, -0.2) is 72.9 Å². The maximum atomic E-state index is 14.1. The van der Waals surface area contributed by atoms with Gasteiger partial charge in [0.15, 0.2) is 12.2 Å². The fourth-order valence-electron chi connectivity index (χ4n) is 6.92. The van der Waals surface area contributed by atoms with E-state index in [9.17, 15) is 24.3 Å². The molecule has 316 valence electrons. The lowest BCUT2D eigenvalue weighted by atomic mass is 9.94. The van der Waals surface area contributed by atoms with E-state index in [0.29, 0.717) is 23.3 Å². The highest BCUT2D eigenvalue weighted by molar-refractivity contribution is 5.91. The first-order valence-corrected chi connectivity index (χ1v) is 19.9. The van der Waals surface area contributed by atoms with Gasteiger partial charge in [-0.3, -0.25) is 0 Å². The van der Waals surface area contributed by atoms with Gasteiger partial charge in [-0.15, -0.1) is 0 Å². The van der Waals surface area contributed by atoms with Crippen LogP contribution in [0.2, 0.25) is 0 Å². The van der Waals surface area contributed by atoms with Crippen molar-refractivity contribution in [3.05, 3.63) is 203 Å². The molecule has 1 aliphatic heterocycles. The van der Waals surface area contributed by atoms with Gasteiger partial charge in [-0.1, -0.05) is 97.1 Å². The highest BCUT2D eigenvalue weighted by Gasteiger charge is 2.56. The van der Waals surface area contributed by atoms with E-state index in [1.54, 1.807) is 154 Å². The van der Waals surface area contributed by atoms with Crippen LogP contribution in [0.15, 0.2) is 164 Å². The SMILES string of the molecule is COc1ccc(Cc2ccc(CO)cc2O[C@@H]2O[C@H]([C@@H](C)OC(=O)c3ccccc3)[C@@H](OC(=O)c3ccccc3)[C@H](OC(=O)c3ccccc3)[C@H]2OC(=O)c2ccccc2)cc1. The molecule has 6 aromatic rings. The molecule has 0 aliphatic carbocycles. The minimum atomic E-state index is -1.63. The van der Waals surface area contributed by atoms with Crippen LogP contribution in [0.25, 0.3) is 0 Å². The molecule has 0 aromatic heterocycles. The smallest absolute Gasteiger partial charge is 0.338 e. The van der Waals surface area contributed by atoms with Gasteiger partial charge in [0, 0.05) is 6.42 Å². The fraction of sp³-hybridized carbons (Fsp3) is 0.200. The monoisotopic (exact) mass is 836 g/mol. The molecule has 6 atom stereocenters. The molecule has 6 aromatic carbocycles. The summed E-state index contributed by atoms with van der Waals surface area (Å²) in [5, 5.41) is 10.2. The third-order valence-corrected chi connectivity index (χ3v) is 10.2. The van der Waals surface area contributed by atoms with Gasteiger partial charge in [0.2, 0.25) is 12.4 Å². The van der Waals surface area contributed by atoms with Crippen molar-refractivity contribution in [1.82, 2.24) is 0 Å². The van der Waals surface area contributed by atoms with Crippen LogP contribution in [0.3, 0.4) is 0 Å². The first kappa shape index (κ1) is 42.8. The third-order valence-electron chi connectivity index (χ3n) is 10.2. The van der Waals surface area contributed by atoms with Crippen molar-refractivity contribution in [2.45, 2.75) is 56.8 Å². The number of benzene rings is 6. The molecular weight excluding hydrogens is 793 g/mol. The van der Waals surface area contributed by atoms with Crippen LogP contribution in [0.4, 0.5) is 0 Å². The maximum Gasteiger partial charge on any atom is 0.338 e. The third kappa shape index (κ3) is 10.5. The topological polar surface area (TPSA) is 153 Å². The molecule has 1 aliphatic rings. The van der Waals surface area contributed by atoms with Gasteiger partial charge < -0.3 is 38.3 Å². The standard InChI is InChI=1S/C50H44O12/c1-32(57-46(52)35-15-7-3-8-16-35)42-43(59-47(53)36-17-9-4-10-18-36)44(60-48(54)37-19-11-5-12-20-37)45(61-49(55)38-21-13-6-14-22-38)50(62-42)58-41-30-34(31-51)23-26-39(41)29-33-24-27-40(56-2)28-25-33/h3-28,30,32,42-45,50-51H,29,31H2,1-2H3/t32-,42-,43-,44+,45-,50-/m1/s1. The number of hydrogen-bond donors (Lipinski definition) is 1. The minimum Gasteiger partial charge on any atom is -0.497 e. The number of rotatable bonds is 15. The maximum absolute atomic E-state index is 14.1. The summed E-state index contributed by atoms with van der Waals surface area (Å²) < 4.78 is 43.4. The van der Waals surface area contributed by atoms with Gasteiger partial charge in [0.05, 0.1) is 36.0 Å². The summed E-state index contributed by atoms with van der Waals surface area (Å²) in [6.45, 7) is 1.21. The molecule has 1 saturated heterocycles. The zero-order valence-corrected chi connectivity index (χ0v) is 33.9. The van der Waals surface area contributed by atoms with Gasteiger partial charge in [-0.2, -0.15) is 0 Å². The molecule has 0 saturated carbocycles. The Morgan fingerprint density at radius 2 is 1.02 bits per heavy atom. The van der Waals surface area contributed by atoms with E-state index < -0.39 is 60.7 Å². The van der Waals surface area contributed by atoms with Crippen LogP contribution < -0.4 is 9.47 Å². The Kier molecular flexibility index (Phi) is 14.0. The average Bonchev–Trinajstić information content (AvgIpc) is 3.32. The Morgan fingerprint density at radius 3 is 1.50 bits per heavy atom. The number of carbonyl (C=O) groups excluding carboxylic acids is 4. The van der Waals surface area contributed by atoms with E-state index in [1.165, 1.54) is 0 Å². The molecule has 7 rings (SSSR count). The van der Waals surface area contributed by atoms with Gasteiger partial charge in [0.1, 0.15) is 23.7 Å². The molecule has 0 radical (unpaired) electrons. The number of hydrogen-bond acceptors (Lipinski definition) is 12. The Labute approximate surface area is 358 Å². The Morgan fingerprint density at radius 1 is 0.565 bits per heavy atom. The number of aliphatic hydroxyl groups is 1. The minimum absolute atomic E-state index is 0.148. The van der Waals surface area contributed by atoms with Crippen molar-refractivity contribution >= 4 is 23.9 Å². The molecule has 1 N–H and O–H groups in total. The zero-order valence-electron chi connectivity index (χ0n) is 33.9. The van der Waals surface area contributed by atoms with Crippen molar-refractivity contribution in [3.8, 4) is 11.5 Å². The molecule has 1 heterocycles. The highest BCUT2D eigenvalue weighted by atomic mass is 16.7. The van der Waals surface area contributed by atoms with Gasteiger partial charge >= 0.3 is 23.9 Å². The Balaban J connectivity index is 1.35. The molecule has 62 heavy (non-hydrogen) atoms. The van der Waals surface area contributed by atoms with Crippen LogP contribution in [-0.2, 0) is 36.7 Å². The first-order valence-electron chi connectivity index (χ1n) is 19.9. The average molecular weight is 837 g/mol. The van der Waals surface area contributed by atoms with Gasteiger partial charge in [-0.05, 0) is 90.3 Å². The second kappa shape index (κ2) is 20.3. The predicted molar refractivity (Wildman–Crippen MR) is 226 cm³/mol. The summed E-state index contributed by atoms with van der Waals surface area (Å²) in [7, 11) is 1.58. The van der Waals surface area contributed by atoms with E-state index in [4.69, 9.17) is 33.2 Å². The first-order chi connectivity index (χ1) is 30.2. The van der Waals surface area contributed by atoms with Gasteiger partial charge in [0.25, 0.3) is 0 Å². The van der Waals surface area contributed by atoms with Crippen LogP contribution in [0.5, 0.6) is 11.5 Å². The summed E-state index contributed by atoms with van der Waals surface area (Å²) in [6, 6.07) is 45.3. The highest BCUT2D eigenvalue weighted by Crippen LogP contribution is 2.36. The lowest BCUT2D eigenvalue weighted by molar-refractivity contribution is -0.284. The largest absolute Gasteiger partial charge is 0.497 e. The lowest BCUT2D eigenvalue weighted by Crippen LogP contribution is -2.65. The zero-order chi connectivity index (χ0) is 43.4. The number of esters is 4. The van der Waals surface area contributed by atoms with Gasteiger partial charge in [-0.25, -0.2) is 19.2 Å². The van der Waals surface area contributed by atoms with Crippen LogP contribution in [0.1, 0.15) is 65.0 Å². The molecule has 0 unspecified atom stereocenters. The molecule has 12 heteroatoms. The van der Waals surface area contributed by atoms with E-state index in [1.807, 2.05) is 24.3 Å². The van der Waals surface area contributed by atoms with Crippen molar-refractivity contribution in [2.24, 2.45) is 0 Å². The number of ether oxygens (including phenoxy) is 7. The van der Waals surface area contributed by atoms with Crippen molar-refractivity contribution < 1.29 is 57.4 Å². The van der Waals surface area contributed by atoms with E-state index in [2.05, 4.69) is 0 Å². The summed E-state index contributed by atoms with van der Waals surface area (Å²) in [5.41, 5.74) is 2.75. The molecule has 1 fully saturated rings. The summed E-state index contributed by atoms with van der Waals surface area (Å²) in [6.07, 6.45) is -8.66. The normalized spacial score (nSPS) is 18.7. The Bertz CT molecular complexity index is 2430. The van der Waals surface area contributed by atoms with E-state index in [0.717, 1.165) is 5.56 Å². The van der Waals surface area contributed by atoms with Crippen molar-refractivity contribution in [2.75, 3.05) is 7.11 Å². The quantitative estimate of drug-likeness (QED) is 0.0793. The molecule has 0 amide bonds.